The topological polar surface area (TPSA) is 46.5 Å². The van der Waals surface area contributed by atoms with E-state index in [2.05, 4.69) is 0 Å². The SMILES string of the molecule is CCC(C)(C)OC(=O)c1ccc2cc(O)ccc2c1. The van der Waals surface area contributed by atoms with Gasteiger partial charge in [-0.1, -0.05) is 19.1 Å². The van der Waals surface area contributed by atoms with Crippen LogP contribution in [0.25, 0.3) is 10.8 Å². The van der Waals surface area contributed by atoms with Crippen LogP contribution in [-0.2, 0) is 4.74 Å². The molecule has 0 saturated heterocycles. The largest absolute Gasteiger partial charge is 0.508 e. The maximum atomic E-state index is 12.1. The standard InChI is InChI=1S/C16H18O3/c1-4-16(2,3)19-15(18)13-6-5-12-10-14(17)8-7-11(12)9-13/h5-10,17H,4H2,1-3H3. The fraction of sp³-hybridized carbons (Fsp3) is 0.312. The molecule has 0 radical (unpaired) electrons. The molecule has 2 aromatic carbocycles. The second-order valence-electron chi connectivity index (χ2n) is 5.25. The average molecular weight is 258 g/mol. The van der Waals surface area contributed by atoms with Crippen molar-refractivity contribution in [3.05, 3.63) is 42.0 Å². The van der Waals surface area contributed by atoms with E-state index in [4.69, 9.17) is 4.74 Å². The number of carbonyl (C=O) groups is 1. The van der Waals surface area contributed by atoms with Gasteiger partial charge in [0.1, 0.15) is 11.4 Å². The number of phenolic OH excluding ortho intramolecular Hbond substituents is 1. The minimum atomic E-state index is -0.457. The molecule has 2 rings (SSSR count). The zero-order chi connectivity index (χ0) is 14.0. The van der Waals surface area contributed by atoms with Crippen LogP contribution in [0, 0.1) is 0 Å². The second-order valence-corrected chi connectivity index (χ2v) is 5.25. The van der Waals surface area contributed by atoms with E-state index >= 15 is 0 Å². The van der Waals surface area contributed by atoms with Crippen molar-refractivity contribution in [3.8, 4) is 5.75 Å². The molecule has 0 atom stereocenters. The van der Waals surface area contributed by atoms with Crippen molar-refractivity contribution < 1.29 is 14.6 Å². The molecule has 1 N–H and O–H groups in total. The van der Waals surface area contributed by atoms with E-state index in [1.54, 1.807) is 30.3 Å². The molecule has 0 aromatic heterocycles. The van der Waals surface area contributed by atoms with Gasteiger partial charge in [-0.25, -0.2) is 4.79 Å². The number of rotatable bonds is 3. The quantitative estimate of drug-likeness (QED) is 0.849. The molecule has 0 amide bonds. The van der Waals surface area contributed by atoms with Crippen molar-refractivity contribution in [1.82, 2.24) is 0 Å². The first kappa shape index (κ1) is 13.4. The molecular formula is C16H18O3. The van der Waals surface area contributed by atoms with Crippen molar-refractivity contribution in [2.45, 2.75) is 32.8 Å². The summed E-state index contributed by atoms with van der Waals surface area (Å²) in [6.07, 6.45) is 0.764. The number of aromatic hydroxyl groups is 1. The van der Waals surface area contributed by atoms with E-state index in [0.29, 0.717) is 5.56 Å². The van der Waals surface area contributed by atoms with Crippen LogP contribution in [0.4, 0.5) is 0 Å². The number of hydrogen-bond acceptors (Lipinski definition) is 3. The van der Waals surface area contributed by atoms with Crippen molar-refractivity contribution in [3.63, 3.8) is 0 Å². The Bertz CT molecular complexity index is 614. The normalized spacial score (nSPS) is 11.5. The van der Waals surface area contributed by atoms with Gasteiger partial charge in [0, 0.05) is 0 Å². The van der Waals surface area contributed by atoms with Gasteiger partial charge in [0.15, 0.2) is 0 Å². The Morgan fingerprint density at radius 3 is 2.47 bits per heavy atom. The Hall–Kier alpha value is -2.03. The van der Waals surface area contributed by atoms with E-state index in [1.165, 1.54) is 0 Å². The van der Waals surface area contributed by atoms with E-state index in [0.717, 1.165) is 17.2 Å². The predicted molar refractivity (Wildman–Crippen MR) is 75.4 cm³/mol. The molecule has 0 aliphatic carbocycles. The van der Waals surface area contributed by atoms with Crippen LogP contribution in [0.3, 0.4) is 0 Å². The molecule has 2 aromatic rings. The Kier molecular flexibility index (Phi) is 3.47. The third kappa shape index (κ3) is 3.05. The van der Waals surface area contributed by atoms with Crippen molar-refractivity contribution in [2.75, 3.05) is 0 Å². The maximum Gasteiger partial charge on any atom is 0.338 e. The number of phenols is 1. The molecular weight excluding hydrogens is 240 g/mol. The van der Waals surface area contributed by atoms with Crippen molar-refractivity contribution >= 4 is 16.7 Å². The lowest BCUT2D eigenvalue weighted by atomic mass is 10.1. The molecule has 0 aliphatic rings. The Balaban J connectivity index is 2.31. The fourth-order valence-corrected chi connectivity index (χ4v) is 1.74. The molecule has 3 nitrogen and oxygen atoms in total. The molecule has 0 spiro atoms. The second kappa shape index (κ2) is 4.92. The Morgan fingerprint density at radius 1 is 1.16 bits per heavy atom. The summed E-state index contributed by atoms with van der Waals surface area (Å²) in [4.78, 5) is 12.1. The number of hydrogen-bond donors (Lipinski definition) is 1. The molecule has 100 valence electrons. The summed E-state index contributed by atoms with van der Waals surface area (Å²) in [6, 6.07) is 10.4. The van der Waals surface area contributed by atoms with Crippen LogP contribution in [-0.4, -0.2) is 16.7 Å². The van der Waals surface area contributed by atoms with Crippen LogP contribution in [0.1, 0.15) is 37.6 Å². The van der Waals surface area contributed by atoms with Crippen LogP contribution in [0.15, 0.2) is 36.4 Å². The lowest BCUT2D eigenvalue weighted by molar-refractivity contribution is -0.00241. The molecule has 0 bridgehead atoms. The minimum Gasteiger partial charge on any atom is -0.508 e. The van der Waals surface area contributed by atoms with Crippen LogP contribution in [0.2, 0.25) is 0 Å². The van der Waals surface area contributed by atoms with Gasteiger partial charge in [-0.15, -0.1) is 0 Å². The van der Waals surface area contributed by atoms with Crippen LogP contribution >= 0.6 is 0 Å². The van der Waals surface area contributed by atoms with Gasteiger partial charge in [-0.2, -0.15) is 0 Å². The van der Waals surface area contributed by atoms with Gasteiger partial charge in [-0.3, -0.25) is 0 Å². The summed E-state index contributed by atoms with van der Waals surface area (Å²) in [5, 5.41) is 11.2. The van der Waals surface area contributed by atoms with Gasteiger partial charge in [0.25, 0.3) is 0 Å². The molecule has 0 saturated carbocycles. The van der Waals surface area contributed by atoms with Gasteiger partial charge in [0.2, 0.25) is 0 Å². The number of ether oxygens (including phenoxy) is 1. The number of benzene rings is 2. The molecule has 0 heterocycles. The lowest BCUT2D eigenvalue weighted by Crippen LogP contribution is -2.27. The third-order valence-electron chi connectivity index (χ3n) is 3.28. The van der Waals surface area contributed by atoms with E-state index in [-0.39, 0.29) is 11.7 Å². The van der Waals surface area contributed by atoms with E-state index in [1.807, 2.05) is 26.8 Å². The summed E-state index contributed by atoms with van der Waals surface area (Å²) in [5.41, 5.74) is 0.0702. The van der Waals surface area contributed by atoms with Crippen molar-refractivity contribution in [1.29, 1.82) is 0 Å². The molecule has 0 unspecified atom stereocenters. The van der Waals surface area contributed by atoms with E-state index < -0.39 is 5.60 Å². The lowest BCUT2D eigenvalue weighted by Gasteiger charge is -2.23. The summed E-state index contributed by atoms with van der Waals surface area (Å²) in [6.45, 7) is 5.77. The first-order chi connectivity index (χ1) is 8.91. The summed E-state index contributed by atoms with van der Waals surface area (Å²) >= 11 is 0. The monoisotopic (exact) mass is 258 g/mol. The highest BCUT2D eigenvalue weighted by Gasteiger charge is 2.21. The summed E-state index contributed by atoms with van der Waals surface area (Å²) < 4.78 is 5.46. The van der Waals surface area contributed by atoms with E-state index in [9.17, 15) is 9.90 Å². The number of carbonyl (C=O) groups excluding carboxylic acids is 1. The third-order valence-corrected chi connectivity index (χ3v) is 3.28. The van der Waals surface area contributed by atoms with Gasteiger partial charge in [-0.05, 0) is 55.3 Å². The maximum absolute atomic E-state index is 12.1. The van der Waals surface area contributed by atoms with Gasteiger partial charge < -0.3 is 9.84 Å². The van der Waals surface area contributed by atoms with Crippen molar-refractivity contribution in [2.24, 2.45) is 0 Å². The average Bonchev–Trinajstić information content (AvgIpc) is 2.37. The first-order valence-corrected chi connectivity index (χ1v) is 6.37. The fourth-order valence-electron chi connectivity index (χ4n) is 1.74. The Morgan fingerprint density at radius 2 is 1.79 bits per heavy atom. The number of esters is 1. The van der Waals surface area contributed by atoms with Gasteiger partial charge >= 0.3 is 5.97 Å². The Labute approximate surface area is 112 Å². The predicted octanol–water partition coefficient (Wildman–Crippen LogP) is 3.89. The highest BCUT2D eigenvalue weighted by molar-refractivity contribution is 5.95. The highest BCUT2D eigenvalue weighted by atomic mass is 16.6. The van der Waals surface area contributed by atoms with Crippen LogP contribution < -0.4 is 0 Å². The first-order valence-electron chi connectivity index (χ1n) is 6.37. The summed E-state index contributed by atoms with van der Waals surface area (Å²) in [7, 11) is 0. The molecule has 0 fully saturated rings. The van der Waals surface area contributed by atoms with Crippen LogP contribution in [0.5, 0.6) is 5.75 Å². The zero-order valence-electron chi connectivity index (χ0n) is 11.4. The molecule has 3 heteroatoms. The minimum absolute atomic E-state index is 0.218. The molecule has 0 aliphatic heterocycles. The number of fused-ring (bicyclic) bond motifs is 1. The summed E-state index contributed by atoms with van der Waals surface area (Å²) in [5.74, 6) is -0.100. The molecule has 19 heavy (non-hydrogen) atoms. The highest BCUT2D eigenvalue weighted by Crippen LogP contribution is 2.23. The van der Waals surface area contributed by atoms with Gasteiger partial charge in [0.05, 0.1) is 5.56 Å². The zero-order valence-corrected chi connectivity index (χ0v) is 11.4. The smallest absolute Gasteiger partial charge is 0.338 e.